The van der Waals surface area contributed by atoms with Gasteiger partial charge in [-0.1, -0.05) is 162 Å². The lowest BCUT2D eigenvalue weighted by Crippen LogP contribution is -2.39. The molecule has 0 radical (unpaired) electrons. The molecule has 0 atom stereocenters. The van der Waals surface area contributed by atoms with Crippen molar-refractivity contribution in [2.45, 2.75) is 54.1 Å². The molecule has 58 heavy (non-hydrogen) atoms. The fourth-order valence-corrected chi connectivity index (χ4v) is 14.8. The van der Waals surface area contributed by atoms with Gasteiger partial charge in [0.25, 0.3) is 0 Å². The van der Waals surface area contributed by atoms with Crippen molar-refractivity contribution in [2.75, 3.05) is 6.16 Å². The Morgan fingerprint density at radius 2 is 0.914 bits per heavy atom. The van der Waals surface area contributed by atoms with Crippen molar-refractivity contribution in [3.05, 3.63) is 192 Å². The first kappa shape index (κ1) is 39.4. The Morgan fingerprint density at radius 1 is 0.500 bits per heavy atom. The van der Waals surface area contributed by atoms with E-state index in [2.05, 4.69) is 198 Å². The number of esters is 1. The number of carbonyl (C=O) groups is 1. The second kappa shape index (κ2) is 16.1. The number of aryl methyl sites for hydroxylation is 4. The first-order valence-corrected chi connectivity index (χ1v) is 23.5. The van der Waals surface area contributed by atoms with Gasteiger partial charge in [0.1, 0.15) is 28.8 Å². The number of carbonyl (C=O) groups excluding carboxylic acids is 1. The molecule has 0 aliphatic carbocycles. The molecule has 0 aliphatic rings. The zero-order valence-corrected chi connectivity index (χ0v) is 36.4. The Balaban J connectivity index is 1.57. The number of hydrogen-bond acceptors (Lipinski definition) is 2. The van der Waals surface area contributed by atoms with Crippen LogP contribution >= 0.6 is 15.2 Å². The van der Waals surface area contributed by atoms with E-state index in [1.807, 2.05) is 20.8 Å². The van der Waals surface area contributed by atoms with E-state index in [1.54, 1.807) is 0 Å². The summed E-state index contributed by atoms with van der Waals surface area (Å²) < 4.78 is 6.30. The molecule has 0 aromatic heterocycles. The first-order chi connectivity index (χ1) is 27.9. The zero-order valence-electron chi connectivity index (χ0n) is 34.6. The lowest BCUT2D eigenvalue weighted by Gasteiger charge is -2.32. The maximum absolute atomic E-state index is 14.7. The van der Waals surface area contributed by atoms with Crippen molar-refractivity contribution in [3.8, 4) is 11.1 Å². The molecule has 0 bridgehead atoms. The molecular formula is C54H51O2P2+. The van der Waals surface area contributed by atoms with Gasteiger partial charge in [0.15, 0.2) is 6.16 Å². The molecule has 8 aromatic carbocycles. The van der Waals surface area contributed by atoms with Crippen LogP contribution in [0.25, 0.3) is 32.7 Å². The maximum atomic E-state index is 14.7. The Kier molecular flexibility index (Phi) is 10.9. The summed E-state index contributed by atoms with van der Waals surface area (Å²) in [4.78, 5) is 14.7. The molecule has 0 N–H and O–H groups in total. The molecule has 0 aliphatic heterocycles. The summed E-state index contributed by atoms with van der Waals surface area (Å²) in [5.74, 6) is -0.194. The fourth-order valence-electron chi connectivity index (χ4n) is 8.23. The van der Waals surface area contributed by atoms with Crippen LogP contribution in [0.5, 0.6) is 0 Å². The van der Waals surface area contributed by atoms with E-state index in [4.69, 9.17) is 4.74 Å². The SMILES string of the molecule is Cc1ccc(P(c2ccc(C)cc2)c2ccc3ccccc3c2-c2c([P+](CC(=O)OC(C)(C)C)(c3ccc(C)cc3)c3ccc(C)cc3)ccc3ccccc23)cc1. The largest absolute Gasteiger partial charge is 0.457 e. The molecule has 0 saturated carbocycles. The van der Waals surface area contributed by atoms with E-state index in [1.165, 1.54) is 76.1 Å². The van der Waals surface area contributed by atoms with Gasteiger partial charge in [-0.2, -0.15) is 0 Å². The number of rotatable bonds is 9. The summed E-state index contributed by atoms with van der Waals surface area (Å²) in [5, 5.41) is 12.1. The summed E-state index contributed by atoms with van der Waals surface area (Å²) in [6.07, 6.45) is 0.229. The predicted octanol–water partition coefficient (Wildman–Crippen LogP) is 11.3. The van der Waals surface area contributed by atoms with Gasteiger partial charge in [0, 0.05) is 11.1 Å². The van der Waals surface area contributed by atoms with Crippen LogP contribution in [0.3, 0.4) is 0 Å². The Labute approximate surface area is 346 Å². The van der Waals surface area contributed by atoms with Crippen LogP contribution in [-0.4, -0.2) is 17.7 Å². The monoisotopic (exact) mass is 793 g/mol. The Hall–Kier alpha value is -5.39. The van der Waals surface area contributed by atoms with Crippen LogP contribution in [-0.2, 0) is 9.53 Å². The van der Waals surface area contributed by atoms with E-state index in [-0.39, 0.29) is 12.1 Å². The zero-order chi connectivity index (χ0) is 40.6. The Bertz CT molecular complexity index is 2650. The van der Waals surface area contributed by atoms with Gasteiger partial charge in [0.05, 0.1) is 0 Å². The standard InChI is InChI=1S/C54H51O2P2/c1-37-16-26-43(27-17-37)57(44-28-18-38(2)19-29-44)49-34-24-41-12-8-10-14-47(41)52(49)53-48-15-11-9-13-42(48)25-35-50(53)58(36-51(55)56-54(5,6)7,45-30-20-39(3)21-31-45)46-32-22-40(4)23-33-46/h8-35H,36H2,1-7H3/q+1. The summed E-state index contributed by atoms with van der Waals surface area (Å²) in [6.45, 7) is 14.5. The molecule has 0 fully saturated rings. The number of fused-ring (bicyclic) bond motifs is 2. The van der Waals surface area contributed by atoms with Crippen LogP contribution in [0.1, 0.15) is 43.0 Å². The minimum atomic E-state index is -2.79. The second-order valence-electron chi connectivity index (χ2n) is 16.6. The van der Waals surface area contributed by atoms with Crippen LogP contribution in [0, 0.1) is 27.7 Å². The van der Waals surface area contributed by atoms with Crippen molar-refractivity contribution >= 4 is 74.5 Å². The molecule has 8 aromatic rings. The van der Waals surface area contributed by atoms with Crippen molar-refractivity contribution in [3.63, 3.8) is 0 Å². The predicted molar refractivity (Wildman–Crippen MR) is 254 cm³/mol. The maximum Gasteiger partial charge on any atom is 0.345 e. The number of benzene rings is 8. The van der Waals surface area contributed by atoms with Gasteiger partial charge in [-0.15, -0.1) is 0 Å². The molecular weight excluding hydrogens is 743 g/mol. The van der Waals surface area contributed by atoms with E-state index < -0.39 is 20.8 Å². The van der Waals surface area contributed by atoms with E-state index in [9.17, 15) is 4.79 Å². The quantitative estimate of drug-likeness (QED) is 0.107. The van der Waals surface area contributed by atoms with Crippen molar-refractivity contribution in [1.82, 2.24) is 0 Å². The van der Waals surface area contributed by atoms with Crippen molar-refractivity contribution in [1.29, 1.82) is 0 Å². The molecule has 4 heteroatoms. The van der Waals surface area contributed by atoms with E-state index >= 15 is 0 Å². The van der Waals surface area contributed by atoms with Crippen LogP contribution in [0.2, 0.25) is 0 Å². The lowest BCUT2D eigenvalue weighted by molar-refractivity contribution is -0.151. The molecule has 0 heterocycles. The normalized spacial score (nSPS) is 12.0. The highest BCUT2D eigenvalue weighted by atomic mass is 31.2. The minimum absolute atomic E-state index is 0.194. The summed E-state index contributed by atoms with van der Waals surface area (Å²) in [7, 11) is -3.82. The average Bonchev–Trinajstić information content (AvgIpc) is 3.21. The second-order valence-corrected chi connectivity index (χ2v) is 22.2. The average molecular weight is 794 g/mol. The van der Waals surface area contributed by atoms with Gasteiger partial charge < -0.3 is 4.74 Å². The van der Waals surface area contributed by atoms with Crippen molar-refractivity contribution < 1.29 is 9.53 Å². The molecule has 2 nitrogen and oxygen atoms in total. The topological polar surface area (TPSA) is 26.3 Å². The molecule has 0 saturated heterocycles. The van der Waals surface area contributed by atoms with Gasteiger partial charge in [-0.05, 0) is 124 Å². The highest BCUT2D eigenvalue weighted by Crippen LogP contribution is 2.59. The third-order valence-electron chi connectivity index (χ3n) is 11.0. The summed E-state index contributed by atoms with van der Waals surface area (Å²) in [5.41, 5.74) is 6.62. The highest BCUT2D eigenvalue weighted by Gasteiger charge is 2.51. The van der Waals surface area contributed by atoms with Gasteiger partial charge in [-0.3, -0.25) is 0 Å². The summed E-state index contributed by atoms with van der Waals surface area (Å²) in [6, 6.07) is 63.1. The molecule has 288 valence electrons. The van der Waals surface area contributed by atoms with E-state index in [0.717, 1.165) is 10.6 Å². The minimum Gasteiger partial charge on any atom is -0.457 e. The van der Waals surface area contributed by atoms with Gasteiger partial charge in [-0.25, -0.2) is 4.79 Å². The Morgan fingerprint density at radius 3 is 1.38 bits per heavy atom. The third kappa shape index (κ3) is 7.77. The number of hydrogen-bond donors (Lipinski definition) is 0. The van der Waals surface area contributed by atoms with Crippen LogP contribution in [0.4, 0.5) is 0 Å². The van der Waals surface area contributed by atoms with Gasteiger partial charge >= 0.3 is 5.97 Å². The molecule has 0 spiro atoms. The van der Waals surface area contributed by atoms with Crippen LogP contribution in [0.15, 0.2) is 170 Å². The lowest BCUT2D eigenvalue weighted by atomic mass is 9.93. The third-order valence-corrected chi connectivity index (χ3v) is 17.8. The smallest absolute Gasteiger partial charge is 0.345 e. The fraction of sp³-hybridized carbons (Fsp3) is 0.167. The number of ether oxygens (including phenoxy) is 1. The summed E-state index contributed by atoms with van der Waals surface area (Å²) >= 11 is 0. The first-order valence-electron chi connectivity index (χ1n) is 20.1. The van der Waals surface area contributed by atoms with Gasteiger partial charge in [0.2, 0.25) is 0 Å². The molecule has 0 amide bonds. The molecule has 0 unspecified atom stereocenters. The van der Waals surface area contributed by atoms with Crippen LogP contribution < -0.4 is 31.8 Å². The van der Waals surface area contributed by atoms with Crippen molar-refractivity contribution in [2.24, 2.45) is 0 Å². The molecule has 8 rings (SSSR count). The highest BCUT2D eigenvalue weighted by molar-refractivity contribution is 7.96. The van der Waals surface area contributed by atoms with E-state index in [0.29, 0.717) is 0 Å².